The summed E-state index contributed by atoms with van der Waals surface area (Å²) in [5.74, 6) is -1.93. The zero-order valence-electron chi connectivity index (χ0n) is 7.84. The van der Waals surface area contributed by atoms with Crippen molar-refractivity contribution in [3.63, 3.8) is 0 Å². The molecule has 0 aliphatic heterocycles. The Kier molecular flexibility index (Phi) is 3.38. The van der Waals surface area contributed by atoms with Crippen molar-refractivity contribution in [3.8, 4) is 0 Å². The normalized spacial score (nSPS) is 13.9. The predicted molar refractivity (Wildman–Crippen MR) is 50.0 cm³/mol. The lowest BCUT2D eigenvalue weighted by molar-refractivity contribution is -0.139. The van der Waals surface area contributed by atoms with Crippen molar-refractivity contribution < 1.29 is 23.1 Å². The van der Waals surface area contributed by atoms with Crippen LogP contribution < -0.4 is 0 Å². The van der Waals surface area contributed by atoms with E-state index in [-0.39, 0.29) is 11.3 Å². The molecule has 1 N–H and O–H groups in total. The molecule has 0 radical (unpaired) electrons. The van der Waals surface area contributed by atoms with Crippen molar-refractivity contribution >= 4 is 17.3 Å². The van der Waals surface area contributed by atoms with E-state index in [1.165, 1.54) is 6.07 Å². The first-order chi connectivity index (χ1) is 6.86. The molecular formula is C9H9F3O2S. The van der Waals surface area contributed by atoms with Crippen LogP contribution in [-0.4, -0.2) is 11.1 Å². The van der Waals surface area contributed by atoms with Crippen molar-refractivity contribution in [3.05, 3.63) is 21.9 Å². The molecule has 1 aromatic rings. The Morgan fingerprint density at radius 3 is 2.47 bits per heavy atom. The van der Waals surface area contributed by atoms with Gasteiger partial charge in [0.15, 0.2) is 0 Å². The largest absolute Gasteiger partial charge is 0.481 e. The number of hydrogen-bond acceptors (Lipinski definition) is 2. The van der Waals surface area contributed by atoms with Crippen LogP contribution in [-0.2, 0) is 11.0 Å². The lowest BCUT2D eigenvalue weighted by Crippen LogP contribution is -2.08. The highest BCUT2D eigenvalue weighted by atomic mass is 32.1. The van der Waals surface area contributed by atoms with Crippen LogP contribution in [0.1, 0.15) is 29.0 Å². The summed E-state index contributed by atoms with van der Waals surface area (Å²) in [7, 11) is 0. The molecule has 0 spiro atoms. The molecule has 0 fully saturated rings. The molecule has 0 aliphatic carbocycles. The first-order valence-electron chi connectivity index (χ1n) is 4.26. The van der Waals surface area contributed by atoms with E-state index in [0.29, 0.717) is 11.3 Å². The first kappa shape index (κ1) is 12.0. The summed E-state index contributed by atoms with van der Waals surface area (Å²) in [5.41, 5.74) is 0. The Labute approximate surface area is 88.3 Å². The number of aliphatic carboxylic acids is 1. The van der Waals surface area contributed by atoms with Crippen LogP contribution in [0.3, 0.4) is 0 Å². The number of alkyl halides is 3. The van der Waals surface area contributed by atoms with Gasteiger partial charge < -0.3 is 5.11 Å². The minimum absolute atomic E-state index is 0.248. The van der Waals surface area contributed by atoms with Gasteiger partial charge in [-0.3, -0.25) is 4.79 Å². The maximum Gasteiger partial charge on any atom is 0.425 e. The molecule has 0 aliphatic rings. The Balaban J connectivity index is 2.97. The maximum atomic E-state index is 12.2. The van der Waals surface area contributed by atoms with Crippen LogP contribution in [0.15, 0.2) is 12.1 Å². The second-order valence-corrected chi connectivity index (χ2v) is 4.11. The van der Waals surface area contributed by atoms with Crippen LogP contribution in [0.25, 0.3) is 0 Å². The number of carboxylic acids is 1. The van der Waals surface area contributed by atoms with E-state index in [4.69, 9.17) is 5.11 Å². The molecule has 0 amide bonds. The van der Waals surface area contributed by atoms with Crippen LogP contribution in [0, 0.1) is 0 Å². The minimum atomic E-state index is -4.39. The third kappa shape index (κ3) is 2.71. The van der Waals surface area contributed by atoms with Gasteiger partial charge in [0, 0.05) is 4.88 Å². The summed E-state index contributed by atoms with van der Waals surface area (Å²) in [6.07, 6.45) is -4.10. The second kappa shape index (κ2) is 4.22. The molecule has 84 valence electrons. The summed E-state index contributed by atoms with van der Waals surface area (Å²) in [4.78, 5) is 10.2. The third-order valence-electron chi connectivity index (χ3n) is 1.96. The molecule has 0 saturated carbocycles. The van der Waals surface area contributed by atoms with Crippen molar-refractivity contribution in [2.45, 2.75) is 25.4 Å². The first-order valence-corrected chi connectivity index (χ1v) is 5.07. The molecule has 1 rings (SSSR count). The lowest BCUT2D eigenvalue weighted by atomic mass is 10.1. The molecule has 2 nitrogen and oxygen atoms in total. The zero-order valence-corrected chi connectivity index (χ0v) is 8.65. The highest BCUT2D eigenvalue weighted by Gasteiger charge is 2.33. The van der Waals surface area contributed by atoms with Gasteiger partial charge in [0.05, 0.1) is 5.92 Å². The average Bonchev–Trinajstić information content (AvgIpc) is 2.52. The molecule has 0 aromatic carbocycles. The standard InChI is InChI=1S/C9H9F3O2S/c1-2-5(8(13)14)6-3-4-7(15-6)9(10,11)12/h3-5H,2H2,1H3,(H,13,14). The molecule has 1 unspecified atom stereocenters. The molecule has 6 heteroatoms. The fraction of sp³-hybridized carbons (Fsp3) is 0.444. The Morgan fingerprint density at radius 1 is 1.53 bits per heavy atom. The van der Waals surface area contributed by atoms with Gasteiger partial charge >= 0.3 is 12.1 Å². The maximum absolute atomic E-state index is 12.2. The van der Waals surface area contributed by atoms with E-state index in [0.717, 1.165) is 6.07 Å². The second-order valence-electron chi connectivity index (χ2n) is 3.00. The number of rotatable bonds is 3. The number of halogens is 3. The average molecular weight is 238 g/mol. The van der Waals surface area contributed by atoms with E-state index < -0.39 is 22.9 Å². The van der Waals surface area contributed by atoms with E-state index in [9.17, 15) is 18.0 Å². The van der Waals surface area contributed by atoms with E-state index in [1.807, 2.05) is 0 Å². The molecular weight excluding hydrogens is 229 g/mol. The summed E-state index contributed by atoms with van der Waals surface area (Å²) < 4.78 is 36.7. The molecule has 1 heterocycles. The van der Waals surface area contributed by atoms with Crippen molar-refractivity contribution in [1.82, 2.24) is 0 Å². The topological polar surface area (TPSA) is 37.3 Å². The lowest BCUT2D eigenvalue weighted by Gasteiger charge is -2.06. The molecule has 0 saturated heterocycles. The fourth-order valence-corrected chi connectivity index (χ4v) is 2.24. The van der Waals surface area contributed by atoms with E-state index in [2.05, 4.69) is 0 Å². The smallest absolute Gasteiger partial charge is 0.425 e. The highest BCUT2D eigenvalue weighted by Crippen LogP contribution is 2.37. The van der Waals surface area contributed by atoms with Crippen molar-refractivity contribution in [2.24, 2.45) is 0 Å². The summed E-state index contributed by atoms with van der Waals surface area (Å²) in [6.45, 7) is 1.63. The van der Waals surface area contributed by atoms with Gasteiger partial charge in [0.2, 0.25) is 0 Å². The third-order valence-corrected chi connectivity index (χ3v) is 3.20. The Bertz CT molecular complexity index is 356. The van der Waals surface area contributed by atoms with Gasteiger partial charge in [-0.25, -0.2) is 0 Å². The van der Waals surface area contributed by atoms with Gasteiger partial charge in [-0.1, -0.05) is 6.92 Å². The van der Waals surface area contributed by atoms with E-state index >= 15 is 0 Å². The zero-order chi connectivity index (χ0) is 11.6. The van der Waals surface area contributed by atoms with Crippen molar-refractivity contribution in [1.29, 1.82) is 0 Å². The van der Waals surface area contributed by atoms with Gasteiger partial charge in [-0.05, 0) is 18.6 Å². The highest BCUT2D eigenvalue weighted by molar-refractivity contribution is 7.12. The van der Waals surface area contributed by atoms with Crippen LogP contribution >= 0.6 is 11.3 Å². The monoisotopic (exact) mass is 238 g/mol. The van der Waals surface area contributed by atoms with Gasteiger partial charge in [0.25, 0.3) is 0 Å². The molecule has 15 heavy (non-hydrogen) atoms. The summed E-state index contributed by atoms with van der Waals surface area (Å²) >= 11 is 0.495. The Morgan fingerprint density at radius 2 is 2.13 bits per heavy atom. The summed E-state index contributed by atoms with van der Waals surface area (Å²) in [6, 6.07) is 2.15. The van der Waals surface area contributed by atoms with Gasteiger partial charge in [-0.15, -0.1) is 11.3 Å². The summed E-state index contributed by atoms with van der Waals surface area (Å²) in [5, 5.41) is 8.76. The predicted octanol–water partition coefficient (Wildman–Crippen LogP) is 3.35. The van der Waals surface area contributed by atoms with Crippen LogP contribution in [0.4, 0.5) is 13.2 Å². The van der Waals surface area contributed by atoms with Crippen molar-refractivity contribution in [2.75, 3.05) is 0 Å². The molecule has 0 bridgehead atoms. The number of carbonyl (C=O) groups is 1. The quantitative estimate of drug-likeness (QED) is 0.876. The SMILES string of the molecule is CCC(C(=O)O)c1ccc(C(F)(F)F)s1. The van der Waals surface area contributed by atoms with E-state index in [1.54, 1.807) is 6.92 Å². The fourth-order valence-electron chi connectivity index (χ4n) is 1.19. The number of carboxylic acid groups (broad SMARTS) is 1. The number of thiophene rings is 1. The molecule has 1 aromatic heterocycles. The molecule has 1 atom stereocenters. The Hall–Kier alpha value is -1.04. The van der Waals surface area contributed by atoms with Gasteiger partial charge in [0.1, 0.15) is 4.88 Å². The minimum Gasteiger partial charge on any atom is -0.481 e. The number of hydrogen-bond donors (Lipinski definition) is 1. The van der Waals surface area contributed by atoms with Gasteiger partial charge in [-0.2, -0.15) is 13.2 Å². The van der Waals surface area contributed by atoms with Crippen LogP contribution in [0.5, 0.6) is 0 Å². The van der Waals surface area contributed by atoms with Crippen LogP contribution in [0.2, 0.25) is 0 Å².